The van der Waals surface area contributed by atoms with Crippen molar-refractivity contribution in [3.05, 3.63) is 36.0 Å². The van der Waals surface area contributed by atoms with Gasteiger partial charge in [0.2, 0.25) is 0 Å². The molecule has 0 aliphatic heterocycles. The van der Waals surface area contributed by atoms with E-state index in [1.165, 1.54) is 0 Å². The zero-order valence-electron chi connectivity index (χ0n) is 12.4. The van der Waals surface area contributed by atoms with Crippen LogP contribution in [0.15, 0.2) is 30.5 Å². The Hall–Kier alpha value is -1.75. The number of fused-ring (bicyclic) bond motifs is 1. The van der Waals surface area contributed by atoms with Gasteiger partial charge in [0.05, 0.1) is 5.56 Å². The Morgan fingerprint density at radius 2 is 2.10 bits per heavy atom. The van der Waals surface area contributed by atoms with E-state index in [0.29, 0.717) is 11.4 Å². The van der Waals surface area contributed by atoms with Crippen molar-refractivity contribution in [3.63, 3.8) is 0 Å². The monoisotopic (exact) mass is 303 g/mol. The maximum atomic E-state index is 12.4. The summed E-state index contributed by atoms with van der Waals surface area (Å²) in [6, 6.07) is 7.73. The second-order valence-corrected chi connectivity index (χ2v) is 6.36. The van der Waals surface area contributed by atoms with Crippen LogP contribution < -0.4 is 11.1 Å². The van der Waals surface area contributed by atoms with Crippen LogP contribution in [0.4, 0.5) is 5.82 Å². The molecule has 0 aliphatic rings. The molecule has 2 aromatic rings. The molecule has 1 heterocycles. The van der Waals surface area contributed by atoms with Crippen LogP contribution in [0.5, 0.6) is 0 Å². The summed E-state index contributed by atoms with van der Waals surface area (Å²) in [4.78, 5) is 16.5. The Bertz CT molecular complexity index is 630. The number of nitrogens with one attached hydrogen (secondary N) is 1. The fourth-order valence-electron chi connectivity index (χ4n) is 2.17. The molecule has 0 radical (unpaired) electrons. The molecule has 0 spiro atoms. The SMILES string of the molecule is CCSCCC(C)NC(=O)c1cnc(N)c2ccccc12. The minimum absolute atomic E-state index is 0.0901. The number of thioether (sulfide) groups is 1. The van der Waals surface area contributed by atoms with E-state index in [0.717, 1.165) is 28.7 Å². The normalized spacial score (nSPS) is 12.3. The third-order valence-corrected chi connectivity index (χ3v) is 4.28. The number of hydrogen-bond acceptors (Lipinski definition) is 4. The van der Waals surface area contributed by atoms with E-state index >= 15 is 0 Å². The molecule has 0 bridgehead atoms. The van der Waals surface area contributed by atoms with E-state index in [-0.39, 0.29) is 11.9 Å². The van der Waals surface area contributed by atoms with Crippen molar-refractivity contribution in [2.45, 2.75) is 26.3 Å². The predicted octanol–water partition coefficient (Wildman–Crippen LogP) is 3.08. The lowest BCUT2D eigenvalue weighted by Gasteiger charge is -2.14. The van der Waals surface area contributed by atoms with Gasteiger partial charge in [-0.15, -0.1) is 0 Å². The average Bonchev–Trinajstić information content (AvgIpc) is 2.48. The van der Waals surface area contributed by atoms with Gasteiger partial charge >= 0.3 is 0 Å². The maximum absolute atomic E-state index is 12.4. The number of carbonyl (C=O) groups is 1. The van der Waals surface area contributed by atoms with Crippen molar-refractivity contribution in [2.24, 2.45) is 0 Å². The molecule has 1 atom stereocenters. The van der Waals surface area contributed by atoms with Gasteiger partial charge in [-0.25, -0.2) is 4.98 Å². The summed E-state index contributed by atoms with van der Waals surface area (Å²) in [6.07, 6.45) is 2.52. The lowest BCUT2D eigenvalue weighted by Crippen LogP contribution is -2.33. The maximum Gasteiger partial charge on any atom is 0.253 e. The van der Waals surface area contributed by atoms with Crippen LogP contribution >= 0.6 is 11.8 Å². The van der Waals surface area contributed by atoms with Gasteiger partial charge in [0.15, 0.2) is 0 Å². The highest BCUT2D eigenvalue weighted by Gasteiger charge is 2.14. The molecule has 0 fully saturated rings. The first-order valence-electron chi connectivity index (χ1n) is 7.15. The minimum atomic E-state index is -0.0901. The lowest BCUT2D eigenvalue weighted by atomic mass is 10.1. The average molecular weight is 303 g/mol. The number of carbonyl (C=O) groups excluding carboxylic acids is 1. The van der Waals surface area contributed by atoms with Crippen LogP contribution in [0.3, 0.4) is 0 Å². The van der Waals surface area contributed by atoms with E-state index in [9.17, 15) is 4.79 Å². The molecule has 5 heteroatoms. The highest BCUT2D eigenvalue weighted by Crippen LogP contribution is 2.22. The lowest BCUT2D eigenvalue weighted by molar-refractivity contribution is 0.0941. The predicted molar refractivity (Wildman–Crippen MR) is 90.7 cm³/mol. The van der Waals surface area contributed by atoms with Gasteiger partial charge in [-0.05, 0) is 30.2 Å². The van der Waals surface area contributed by atoms with E-state index in [1.54, 1.807) is 6.20 Å². The molecule has 1 aromatic carbocycles. The number of amides is 1. The molecule has 112 valence electrons. The number of anilines is 1. The molecule has 3 N–H and O–H groups in total. The summed E-state index contributed by atoms with van der Waals surface area (Å²) in [5, 5.41) is 4.70. The summed E-state index contributed by atoms with van der Waals surface area (Å²) >= 11 is 1.88. The molecule has 21 heavy (non-hydrogen) atoms. The molecule has 1 unspecified atom stereocenters. The van der Waals surface area contributed by atoms with Crippen molar-refractivity contribution >= 4 is 34.3 Å². The van der Waals surface area contributed by atoms with Crippen LogP contribution in [0.1, 0.15) is 30.6 Å². The van der Waals surface area contributed by atoms with Gasteiger partial charge in [-0.3, -0.25) is 4.79 Å². The number of nitrogen functional groups attached to an aromatic ring is 1. The van der Waals surface area contributed by atoms with Crippen molar-refractivity contribution in [2.75, 3.05) is 17.2 Å². The summed E-state index contributed by atoms with van der Waals surface area (Å²) in [5.41, 5.74) is 6.44. The smallest absolute Gasteiger partial charge is 0.253 e. The van der Waals surface area contributed by atoms with Gasteiger partial charge in [0, 0.05) is 17.6 Å². The van der Waals surface area contributed by atoms with Gasteiger partial charge in [0.1, 0.15) is 5.82 Å². The third-order valence-electron chi connectivity index (χ3n) is 3.35. The number of aromatic nitrogens is 1. The number of nitrogens with zero attached hydrogens (tertiary/aromatic N) is 1. The molecule has 1 aromatic heterocycles. The van der Waals surface area contributed by atoms with Gasteiger partial charge in [-0.2, -0.15) is 11.8 Å². The molecule has 0 aliphatic carbocycles. The van der Waals surface area contributed by atoms with Crippen LogP contribution in [0.25, 0.3) is 10.8 Å². The Kier molecular flexibility index (Phi) is 5.44. The van der Waals surface area contributed by atoms with Crippen molar-refractivity contribution in [3.8, 4) is 0 Å². The number of rotatable bonds is 6. The largest absolute Gasteiger partial charge is 0.383 e. The third kappa shape index (κ3) is 3.88. The molecule has 1 amide bonds. The molecular formula is C16H21N3OS. The fraction of sp³-hybridized carbons (Fsp3) is 0.375. The van der Waals surface area contributed by atoms with Gasteiger partial charge < -0.3 is 11.1 Å². The summed E-state index contributed by atoms with van der Waals surface area (Å²) in [5.74, 6) is 2.52. The topological polar surface area (TPSA) is 68.0 Å². The molecule has 4 nitrogen and oxygen atoms in total. The Labute approximate surface area is 129 Å². The molecule has 0 saturated carbocycles. The summed E-state index contributed by atoms with van der Waals surface area (Å²) in [7, 11) is 0. The number of benzene rings is 1. The first-order chi connectivity index (χ1) is 10.1. The minimum Gasteiger partial charge on any atom is -0.383 e. The van der Waals surface area contributed by atoms with Crippen molar-refractivity contribution < 1.29 is 4.79 Å². The first kappa shape index (κ1) is 15.6. The van der Waals surface area contributed by atoms with Gasteiger partial charge in [0.25, 0.3) is 5.91 Å². The van der Waals surface area contributed by atoms with Crippen molar-refractivity contribution in [1.82, 2.24) is 10.3 Å². The molecular weight excluding hydrogens is 282 g/mol. The number of nitrogens with two attached hydrogens (primary N) is 1. The fourth-order valence-corrected chi connectivity index (χ4v) is 2.98. The van der Waals surface area contributed by atoms with E-state index in [2.05, 4.69) is 17.2 Å². The quantitative estimate of drug-likeness (QED) is 0.805. The van der Waals surface area contributed by atoms with E-state index in [4.69, 9.17) is 5.73 Å². The van der Waals surface area contributed by atoms with E-state index < -0.39 is 0 Å². The number of hydrogen-bond donors (Lipinski definition) is 2. The molecule has 0 saturated heterocycles. The second kappa shape index (κ2) is 7.31. The zero-order chi connectivity index (χ0) is 15.2. The Morgan fingerprint density at radius 1 is 1.38 bits per heavy atom. The van der Waals surface area contributed by atoms with E-state index in [1.807, 2.05) is 43.0 Å². The number of pyridine rings is 1. The second-order valence-electron chi connectivity index (χ2n) is 4.96. The summed E-state index contributed by atoms with van der Waals surface area (Å²) in [6.45, 7) is 4.17. The zero-order valence-corrected chi connectivity index (χ0v) is 13.2. The van der Waals surface area contributed by atoms with Crippen molar-refractivity contribution in [1.29, 1.82) is 0 Å². The van der Waals surface area contributed by atoms with Crippen LogP contribution in [0, 0.1) is 0 Å². The summed E-state index contributed by atoms with van der Waals surface area (Å²) < 4.78 is 0. The highest BCUT2D eigenvalue weighted by atomic mass is 32.2. The highest BCUT2D eigenvalue weighted by molar-refractivity contribution is 7.99. The Balaban J connectivity index is 2.15. The van der Waals surface area contributed by atoms with Gasteiger partial charge in [-0.1, -0.05) is 31.2 Å². The molecule has 2 rings (SSSR count). The van der Waals surface area contributed by atoms with Crippen LogP contribution in [-0.2, 0) is 0 Å². The first-order valence-corrected chi connectivity index (χ1v) is 8.30. The van der Waals surface area contributed by atoms with Crippen LogP contribution in [0.2, 0.25) is 0 Å². The van der Waals surface area contributed by atoms with Crippen LogP contribution in [-0.4, -0.2) is 28.4 Å². The standard InChI is InChI=1S/C16H21N3OS/c1-3-21-9-8-11(2)19-16(20)14-10-18-15(17)13-7-5-4-6-12(13)14/h4-7,10-11H,3,8-9H2,1-2H3,(H2,17,18)(H,19,20). The Morgan fingerprint density at radius 3 is 2.81 bits per heavy atom.